The maximum Gasteiger partial charge on any atom is 0.137 e. The Kier molecular flexibility index (Phi) is 2.08. The molecule has 0 bridgehead atoms. The van der Waals surface area contributed by atoms with Crippen LogP contribution in [-0.2, 0) is 0 Å². The van der Waals surface area contributed by atoms with Gasteiger partial charge >= 0.3 is 0 Å². The molecule has 2 N–H and O–H groups in total. The third-order valence-corrected chi connectivity index (χ3v) is 2.81. The fourth-order valence-electron chi connectivity index (χ4n) is 2.02. The van der Waals surface area contributed by atoms with Gasteiger partial charge in [-0.3, -0.25) is 4.40 Å². The lowest BCUT2D eigenvalue weighted by molar-refractivity contribution is 1.15. The number of anilines is 1. The maximum absolute atomic E-state index is 5.67. The largest absolute Gasteiger partial charge is 0.384 e. The topological polar surface area (TPSA) is 56.2 Å². The van der Waals surface area contributed by atoms with Gasteiger partial charge in [0.15, 0.2) is 0 Å². The van der Waals surface area contributed by atoms with Gasteiger partial charge in [0.2, 0.25) is 0 Å². The van der Waals surface area contributed by atoms with Gasteiger partial charge in [-0.2, -0.15) is 0 Å². The molecule has 3 heterocycles. The van der Waals surface area contributed by atoms with E-state index in [1.54, 1.807) is 6.20 Å². The summed E-state index contributed by atoms with van der Waals surface area (Å²) >= 11 is 0. The number of aromatic nitrogens is 3. The summed E-state index contributed by atoms with van der Waals surface area (Å²) in [6, 6.07) is 9.83. The van der Waals surface area contributed by atoms with Crippen molar-refractivity contribution in [1.29, 1.82) is 0 Å². The predicted molar refractivity (Wildman–Crippen MR) is 67.6 cm³/mol. The Morgan fingerprint density at radius 3 is 2.88 bits per heavy atom. The summed E-state index contributed by atoms with van der Waals surface area (Å²) in [5.41, 5.74) is 9.67. The van der Waals surface area contributed by atoms with Gasteiger partial charge in [-0.15, -0.1) is 0 Å². The maximum atomic E-state index is 5.67. The highest BCUT2D eigenvalue weighted by Crippen LogP contribution is 2.23. The number of rotatable bonds is 1. The number of hydrogen-bond acceptors (Lipinski definition) is 3. The zero-order valence-corrected chi connectivity index (χ0v) is 9.46. The van der Waals surface area contributed by atoms with Gasteiger partial charge < -0.3 is 5.73 Å². The minimum Gasteiger partial charge on any atom is -0.384 e. The number of aryl methyl sites for hydroxylation is 1. The van der Waals surface area contributed by atoms with Crippen molar-refractivity contribution in [3.05, 3.63) is 48.4 Å². The van der Waals surface area contributed by atoms with E-state index in [0.717, 1.165) is 22.6 Å². The van der Waals surface area contributed by atoms with E-state index in [1.807, 2.05) is 41.8 Å². The second-order valence-corrected chi connectivity index (χ2v) is 3.94. The molecule has 0 fully saturated rings. The second kappa shape index (κ2) is 3.59. The van der Waals surface area contributed by atoms with Crippen LogP contribution in [-0.4, -0.2) is 14.4 Å². The molecule has 0 atom stereocenters. The molecule has 0 aliphatic carbocycles. The van der Waals surface area contributed by atoms with Crippen LogP contribution in [0.2, 0.25) is 0 Å². The van der Waals surface area contributed by atoms with E-state index in [2.05, 4.69) is 16.0 Å². The number of nitrogens with two attached hydrogens (primary N) is 1. The van der Waals surface area contributed by atoms with Crippen LogP contribution in [0.1, 0.15) is 5.69 Å². The van der Waals surface area contributed by atoms with Crippen LogP contribution < -0.4 is 5.73 Å². The smallest absolute Gasteiger partial charge is 0.137 e. The van der Waals surface area contributed by atoms with Crippen molar-refractivity contribution >= 4 is 11.5 Å². The molecular formula is C13H12N4. The first-order chi connectivity index (χ1) is 8.25. The minimum absolute atomic E-state index is 0.545. The molecule has 17 heavy (non-hydrogen) atoms. The number of pyridine rings is 2. The summed E-state index contributed by atoms with van der Waals surface area (Å²) in [5, 5.41) is 0. The number of nitrogen functional groups attached to an aromatic ring is 1. The Bertz CT molecular complexity index is 685. The minimum atomic E-state index is 0.545. The molecule has 0 saturated carbocycles. The van der Waals surface area contributed by atoms with Gasteiger partial charge in [-0.1, -0.05) is 6.07 Å². The van der Waals surface area contributed by atoms with Crippen molar-refractivity contribution < 1.29 is 0 Å². The van der Waals surface area contributed by atoms with Crippen LogP contribution in [0.3, 0.4) is 0 Å². The van der Waals surface area contributed by atoms with Crippen LogP contribution in [0.4, 0.5) is 5.82 Å². The summed E-state index contributed by atoms with van der Waals surface area (Å²) in [7, 11) is 0. The summed E-state index contributed by atoms with van der Waals surface area (Å²) in [5.74, 6) is 0.545. The van der Waals surface area contributed by atoms with E-state index < -0.39 is 0 Å². The highest BCUT2D eigenvalue weighted by molar-refractivity contribution is 5.66. The molecule has 4 nitrogen and oxygen atoms in total. The van der Waals surface area contributed by atoms with Gasteiger partial charge in [0, 0.05) is 23.7 Å². The van der Waals surface area contributed by atoms with E-state index in [-0.39, 0.29) is 0 Å². The average Bonchev–Trinajstić information content (AvgIpc) is 2.77. The number of nitrogens with zero attached hydrogens (tertiary/aromatic N) is 3. The summed E-state index contributed by atoms with van der Waals surface area (Å²) in [6.45, 7) is 1.96. The molecule has 0 aromatic carbocycles. The van der Waals surface area contributed by atoms with Gasteiger partial charge in [-0.05, 0) is 31.2 Å². The van der Waals surface area contributed by atoms with E-state index in [0.29, 0.717) is 5.82 Å². The Labute approximate surface area is 98.8 Å². The zero-order chi connectivity index (χ0) is 11.8. The molecule has 0 unspecified atom stereocenters. The Balaban J connectivity index is 2.30. The fourth-order valence-corrected chi connectivity index (χ4v) is 2.02. The van der Waals surface area contributed by atoms with Crippen LogP contribution in [0.25, 0.3) is 16.9 Å². The second-order valence-electron chi connectivity index (χ2n) is 3.94. The average molecular weight is 224 g/mol. The van der Waals surface area contributed by atoms with Crippen LogP contribution in [0.5, 0.6) is 0 Å². The van der Waals surface area contributed by atoms with Crippen LogP contribution >= 0.6 is 0 Å². The highest BCUT2D eigenvalue weighted by Gasteiger charge is 2.07. The third kappa shape index (κ3) is 1.54. The zero-order valence-electron chi connectivity index (χ0n) is 9.46. The number of imidazole rings is 1. The van der Waals surface area contributed by atoms with Crippen molar-refractivity contribution in [2.45, 2.75) is 6.92 Å². The van der Waals surface area contributed by atoms with Crippen LogP contribution in [0, 0.1) is 6.92 Å². The van der Waals surface area contributed by atoms with E-state index in [9.17, 15) is 0 Å². The third-order valence-electron chi connectivity index (χ3n) is 2.81. The van der Waals surface area contributed by atoms with Crippen molar-refractivity contribution in [2.75, 3.05) is 5.73 Å². The molecule has 0 aliphatic rings. The molecule has 3 rings (SSSR count). The quantitative estimate of drug-likeness (QED) is 0.690. The molecule has 3 aromatic rings. The Morgan fingerprint density at radius 2 is 2.06 bits per heavy atom. The summed E-state index contributed by atoms with van der Waals surface area (Å²) in [4.78, 5) is 8.56. The molecule has 3 aromatic heterocycles. The Morgan fingerprint density at radius 1 is 1.18 bits per heavy atom. The summed E-state index contributed by atoms with van der Waals surface area (Å²) in [6.07, 6.45) is 3.74. The molecule has 0 aliphatic heterocycles. The molecule has 4 heteroatoms. The van der Waals surface area contributed by atoms with Crippen molar-refractivity contribution in [3.8, 4) is 11.3 Å². The molecule has 84 valence electrons. The first-order valence-corrected chi connectivity index (χ1v) is 5.41. The molecule has 0 saturated heterocycles. The fraction of sp³-hybridized carbons (Fsp3) is 0.0769. The van der Waals surface area contributed by atoms with Gasteiger partial charge in [-0.25, -0.2) is 9.97 Å². The van der Waals surface area contributed by atoms with Gasteiger partial charge in [0.05, 0.1) is 5.69 Å². The van der Waals surface area contributed by atoms with Gasteiger partial charge in [0.1, 0.15) is 11.5 Å². The standard InChI is InChI=1S/C13H12N4/c1-9-10(5-6-12(14)16-9)11-3-2-4-13-15-7-8-17(11)13/h2-8H,1H3,(H2,14,16). The molecule has 0 spiro atoms. The monoisotopic (exact) mass is 224 g/mol. The number of hydrogen-bond donors (Lipinski definition) is 1. The normalized spacial score (nSPS) is 10.9. The van der Waals surface area contributed by atoms with Crippen LogP contribution in [0.15, 0.2) is 42.7 Å². The highest BCUT2D eigenvalue weighted by atomic mass is 15.0. The Hall–Kier alpha value is -2.36. The lowest BCUT2D eigenvalue weighted by atomic mass is 10.1. The van der Waals surface area contributed by atoms with Crippen molar-refractivity contribution in [3.63, 3.8) is 0 Å². The number of fused-ring (bicyclic) bond motifs is 1. The van der Waals surface area contributed by atoms with Gasteiger partial charge in [0.25, 0.3) is 0 Å². The molecule has 0 amide bonds. The van der Waals surface area contributed by atoms with E-state index >= 15 is 0 Å². The molecule has 0 radical (unpaired) electrons. The first-order valence-electron chi connectivity index (χ1n) is 5.41. The lowest BCUT2D eigenvalue weighted by Gasteiger charge is -2.08. The van der Waals surface area contributed by atoms with Crippen molar-refractivity contribution in [2.24, 2.45) is 0 Å². The van der Waals surface area contributed by atoms with E-state index in [1.165, 1.54) is 0 Å². The molecular weight excluding hydrogens is 212 g/mol. The predicted octanol–water partition coefficient (Wildman–Crippen LogP) is 2.29. The summed E-state index contributed by atoms with van der Waals surface area (Å²) < 4.78 is 2.04. The van der Waals surface area contributed by atoms with E-state index in [4.69, 9.17) is 5.73 Å². The van der Waals surface area contributed by atoms with Crippen molar-refractivity contribution in [1.82, 2.24) is 14.4 Å². The SMILES string of the molecule is Cc1nc(N)ccc1-c1cccc2nccn12. The first kappa shape index (κ1) is 9.84. The lowest BCUT2D eigenvalue weighted by Crippen LogP contribution is -1.97.